The van der Waals surface area contributed by atoms with Crippen LogP contribution in [0.2, 0.25) is 0 Å². The Bertz CT molecular complexity index is 360. The van der Waals surface area contributed by atoms with E-state index in [0.29, 0.717) is 6.42 Å². The molecule has 0 saturated heterocycles. The molecule has 0 aromatic heterocycles. The number of aliphatic hydroxyl groups is 1. The van der Waals surface area contributed by atoms with Crippen LogP contribution in [0.25, 0.3) is 0 Å². The summed E-state index contributed by atoms with van der Waals surface area (Å²) < 4.78 is 4.81. The van der Waals surface area contributed by atoms with Gasteiger partial charge in [-0.25, -0.2) is 0 Å². The highest BCUT2D eigenvalue weighted by Crippen LogP contribution is 2.54. The first-order chi connectivity index (χ1) is 7.25. The molecule has 15 heavy (non-hydrogen) atoms. The van der Waals surface area contributed by atoms with Crippen molar-refractivity contribution in [3.63, 3.8) is 0 Å². The molecule has 0 amide bonds. The first-order valence-corrected chi connectivity index (χ1v) is 5.00. The Morgan fingerprint density at radius 2 is 2.20 bits per heavy atom. The summed E-state index contributed by atoms with van der Waals surface area (Å²) in [5.41, 5.74) is 0.348. The van der Waals surface area contributed by atoms with Crippen LogP contribution in [0.4, 0.5) is 0 Å². The SMILES string of the molecule is COC(=O)C1(c2ccccc2)CC1CO. The Hall–Kier alpha value is -1.35. The summed E-state index contributed by atoms with van der Waals surface area (Å²) in [5, 5.41) is 9.14. The van der Waals surface area contributed by atoms with E-state index in [-0.39, 0.29) is 18.5 Å². The summed E-state index contributed by atoms with van der Waals surface area (Å²) in [6.45, 7) is 0.0317. The minimum atomic E-state index is -0.592. The van der Waals surface area contributed by atoms with Gasteiger partial charge in [-0.15, -0.1) is 0 Å². The lowest BCUT2D eigenvalue weighted by atomic mass is 9.93. The predicted octanol–water partition coefficient (Wildman–Crippen LogP) is 1.11. The molecule has 3 heteroatoms. The van der Waals surface area contributed by atoms with Crippen LogP contribution in [-0.4, -0.2) is 24.8 Å². The zero-order valence-electron chi connectivity index (χ0n) is 8.64. The zero-order valence-corrected chi connectivity index (χ0v) is 8.64. The van der Waals surface area contributed by atoms with Crippen molar-refractivity contribution in [1.82, 2.24) is 0 Å². The number of carbonyl (C=O) groups excluding carboxylic acids is 1. The molecular weight excluding hydrogens is 192 g/mol. The molecule has 1 aromatic carbocycles. The normalized spacial score (nSPS) is 28.5. The number of carbonyl (C=O) groups is 1. The highest BCUT2D eigenvalue weighted by atomic mass is 16.5. The van der Waals surface area contributed by atoms with E-state index in [1.54, 1.807) is 0 Å². The van der Waals surface area contributed by atoms with Gasteiger partial charge in [0.05, 0.1) is 12.5 Å². The quantitative estimate of drug-likeness (QED) is 0.753. The van der Waals surface area contributed by atoms with E-state index in [0.717, 1.165) is 5.56 Å². The number of esters is 1. The van der Waals surface area contributed by atoms with Crippen molar-refractivity contribution in [1.29, 1.82) is 0 Å². The van der Waals surface area contributed by atoms with Gasteiger partial charge in [-0.05, 0) is 12.0 Å². The predicted molar refractivity (Wildman–Crippen MR) is 55.3 cm³/mol. The van der Waals surface area contributed by atoms with Crippen molar-refractivity contribution in [2.75, 3.05) is 13.7 Å². The lowest BCUT2D eigenvalue weighted by Gasteiger charge is -2.14. The summed E-state index contributed by atoms with van der Waals surface area (Å²) in [4.78, 5) is 11.7. The molecule has 0 aliphatic heterocycles. The van der Waals surface area contributed by atoms with Gasteiger partial charge in [0, 0.05) is 12.5 Å². The summed E-state index contributed by atoms with van der Waals surface area (Å²) in [7, 11) is 1.39. The molecule has 1 aliphatic carbocycles. The van der Waals surface area contributed by atoms with Crippen LogP contribution in [0, 0.1) is 5.92 Å². The Kier molecular flexibility index (Phi) is 2.49. The van der Waals surface area contributed by atoms with Gasteiger partial charge in [-0.3, -0.25) is 4.79 Å². The summed E-state index contributed by atoms with van der Waals surface area (Å²) in [5.74, 6) is -0.236. The molecule has 0 bridgehead atoms. The summed E-state index contributed by atoms with van der Waals surface area (Å²) >= 11 is 0. The lowest BCUT2D eigenvalue weighted by molar-refractivity contribution is -0.144. The van der Waals surface area contributed by atoms with Gasteiger partial charge in [0.25, 0.3) is 0 Å². The Balaban J connectivity index is 2.34. The van der Waals surface area contributed by atoms with E-state index >= 15 is 0 Å². The number of ether oxygens (including phenoxy) is 1. The molecule has 80 valence electrons. The van der Waals surface area contributed by atoms with Crippen LogP contribution >= 0.6 is 0 Å². The minimum absolute atomic E-state index is 0.00681. The molecule has 1 saturated carbocycles. The van der Waals surface area contributed by atoms with Gasteiger partial charge in [0.1, 0.15) is 0 Å². The fourth-order valence-corrected chi connectivity index (χ4v) is 2.19. The van der Waals surface area contributed by atoms with E-state index in [2.05, 4.69) is 0 Å². The average molecular weight is 206 g/mol. The standard InChI is InChI=1S/C12H14O3/c1-15-11(14)12(7-10(12)8-13)9-5-3-2-4-6-9/h2-6,10,13H,7-8H2,1H3. The molecule has 2 unspecified atom stereocenters. The number of hydrogen-bond acceptors (Lipinski definition) is 3. The molecule has 3 nitrogen and oxygen atoms in total. The molecule has 0 heterocycles. The number of hydrogen-bond donors (Lipinski definition) is 1. The maximum Gasteiger partial charge on any atom is 0.316 e. The van der Waals surface area contributed by atoms with Crippen LogP contribution in [0.3, 0.4) is 0 Å². The van der Waals surface area contributed by atoms with Crippen LogP contribution in [-0.2, 0) is 14.9 Å². The van der Waals surface area contributed by atoms with Crippen molar-refractivity contribution in [3.05, 3.63) is 35.9 Å². The highest BCUT2D eigenvalue weighted by molar-refractivity contribution is 5.87. The molecule has 1 N–H and O–H groups in total. The summed E-state index contributed by atoms with van der Waals surface area (Å²) in [6.07, 6.45) is 0.681. The first kappa shape index (κ1) is 10.2. The van der Waals surface area contributed by atoms with E-state index < -0.39 is 5.41 Å². The smallest absolute Gasteiger partial charge is 0.316 e. The van der Waals surface area contributed by atoms with Crippen LogP contribution in [0.15, 0.2) is 30.3 Å². The molecule has 1 aliphatic rings. The Morgan fingerprint density at radius 3 is 2.67 bits per heavy atom. The molecule has 0 spiro atoms. The van der Waals surface area contributed by atoms with E-state index in [9.17, 15) is 4.79 Å². The zero-order chi connectivity index (χ0) is 10.9. The fourth-order valence-electron chi connectivity index (χ4n) is 2.19. The van der Waals surface area contributed by atoms with Crippen LogP contribution in [0.5, 0.6) is 0 Å². The topological polar surface area (TPSA) is 46.5 Å². The molecular formula is C12H14O3. The number of aliphatic hydroxyl groups excluding tert-OH is 1. The van der Waals surface area contributed by atoms with Crippen molar-refractivity contribution in [2.45, 2.75) is 11.8 Å². The first-order valence-electron chi connectivity index (χ1n) is 5.00. The van der Waals surface area contributed by atoms with Gasteiger partial charge in [0.15, 0.2) is 0 Å². The van der Waals surface area contributed by atoms with Gasteiger partial charge in [0.2, 0.25) is 0 Å². The second kappa shape index (κ2) is 3.66. The molecule has 2 rings (SSSR count). The van der Waals surface area contributed by atoms with Gasteiger partial charge in [-0.1, -0.05) is 30.3 Å². The van der Waals surface area contributed by atoms with Crippen LogP contribution in [0.1, 0.15) is 12.0 Å². The molecule has 0 radical (unpaired) electrons. The van der Waals surface area contributed by atoms with E-state index in [1.165, 1.54) is 7.11 Å². The summed E-state index contributed by atoms with van der Waals surface area (Å²) in [6, 6.07) is 9.52. The lowest BCUT2D eigenvalue weighted by Crippen LogP contribution is -2.25. The number of methoxy groups -OCH3 is 1. The Labute approximate surface area is 88.7 Å². The largest absolute Gasteiger partial charge is 0.468 e. The maximum atomic E-state index is 11.7. The second-order valence-corrected chi connectivity index (χ2v) is 3.91. The Morgan fingerprint density at radius 1 is 1.53 bits per heavy atom. The van der Waals surface area contributed by atoms with Gasteiger partial charge >= 0.3 is 5.97 Å². The van der Waals surface area contributed by atoms with Crippen molar-refractivity contribution < 1.29 is 14.6 Å². The third kappa shape index (κ3) is 1.43. The van der Waals surface area contributed by atoms with Gasteiger partial charge < -0.3 is 9.84 Å². The minimum Gasteiger partial charge on any atom is -0.468 e. The van der Waals surface area contributed by atoms with E-state index in [1.807, 2.05) is 30.3 Å². The van der Waals surface area contributed by atoms with Crippen molar-refractivity contribution in [2.24, 2.45) is 5.92 Å². The van der Waals surface area contributed by atoms with Crippen molar-refractivity contribution in [3.8, 4) is 0 Å². The molecule has 1 aromatic rings. The second-order valence-electron chi connectivity index (χ2n) is 3.91. The molecule has 1 fully saturated rings. The third-order valence-electron chi connectivity index (χ3n) is 3.16. The van der Waals surface area contributed by atoms with Gasteiger partial charge in [-0.2, -0.15) is 0 Å². The number of benzene rings is 1. The highest BCUT2D eigenvalue weighted by Gasteiger charge is 2.61. The average Bonchev–Trinajstić information content (AvgIpc) is 3.05. The fraction of sp³-hybridized carbons (Fsp3) is 0.417. The number of rotatable bonds is 3. The monoisotopic (exact) mass is 206 g/mol. The van der Waals surface area contributed by atoms with Crippen molar-refractivity contribution >= 4 is 5.97 Å². The third-order valence-corrected chi connectivity index (χ3v) is 3.16. The van der Waals surface area contributed by atoms with Crippen LogP contribution < -0.4 is 0 Å². The van der Waals surface area contributed by atoms with E-state index in [4.69, 9.17) is 9.84 Å². The molecule has 2 atom stereocenters. The maximum absolute atomic E-state index is 11.7.